The summed E-state index contributed by atoms with van der Waals surface area (Å²) in [6.45, 7) is 6.97. The number of hydroxylamine groups is 1. The van der Waals surface area contributed by atoms with Crippen LogP contribution in [-0.2, 0) is 9.63 Å². The van der Waals surface area contributed by atoms with E-state index in [1.54, 1.807) is 0 Å². The van der Waals surface area contributed by atoms with Crippen LogP contribution >= 0.6 is 0 Å². The lowest BCUT2D eigenvalue weighted by Gasteiger charge is -2.18. The molecule has 14 heavy (non-hydrogen) atoms. The summed E-state index contributed by atoms with van der Waals surface area (Å²) in [6, 6.07) is 0. The third-order valence-corrected chi connectivity index (χ3v) is 1.89. The van der Waals surface area contributed by atoms with Crippen molar-refractivity contribution in [1.82, 2.24) is 10.8 Å². The van der Waals surface area contributed by atoms with Gasteiger partial charge in [0.05, 0.1) is 12.1 Å². The lowest BCUT2D eigenvalue weighted by molar-refractivity contribution is -0.144. The van der Waals surface area contributed by atoms with Gasteiger partial charge in [-0.05, 0) is 46.1 Å². The molecule has 4 nitrogen and oxygen atoms in total. The number of hydrogen-bond donors (Lipinski definition) is 2. The van der Waals surface area contributed by atoms with Crippen molar-refractivity contribution in [1.29, 1.82) is 0 Å². The lowest BCUT2D eigenvalue weighted by atomic mass is 10.2. The van der Waals surface area contributed by atoms with Crippen molar-refractivity contribution in [3.8, 4) is 0 Å². The molecule has 4 heteroatoms. The van der Waals surface area contributed by atoms with Gasteiger partial charge in [0.25, 0.3) is 5.91 Å². The van der Waals surface area contributed by atoms with Gasteiger partial charge in [0.15, 0.2) is 0 Å². The van der Waals surface area contributed by atoms with Gasteiger partial charge >= 0.3 is 0 Å². The number of carbonyl (C=O) groups is 1. The highest BCUT2D eigenvalue weighted by molar-refractivity contribution is 5.76. The van der Waals surface area contributed by atoms with E-state index < -0.39 is 0 Å². The Morgan fingerprint density at radius 3 is 2.57 bits per heavy atom. The first kappa shape index (κ1) is 11.5. The van der Waals surface area contributed by atoms with Crippen molar-refractivity contribution >= 4 is 5.91 Å². The van der Waals surface area contributed by atoms with Crippen LogP contribution in [0.3, 0.4) is 0 Å². The van der Waals surface area contributed by atoms with Gasteiger partial charge in [0, 0.05) is 0 Å². The zero-order chi connectivity index (χ0) is 10.6. The molecule has 1 saturated carbocycles. The minimum Gasteiger partial charge on any atom is -0.308 e. The Morgan fingerprint density at radius 2 is 2.07 bits per heavy atom. The molecule has 0 aromatic carbocycles. The standard InChI is InChI=1S/C10H20N2O2/c1-10(2,3)14-12-9(13)7-11-6-8-4-5-8/h8,11H,4-7H2,1-3H3,(H,12,13). The molecule has 0 radical (unpaired) electrons. The summed E-state index contributed by atoms with van der Waals surface area (Å²) in [5.41, 5.74) is 2.09. The molecule has 0 spiro atoms. The molecule has 0 atom stereocenters. The normalized spacial score (nSPS) is 16.8. The van der Waals surface area contributed by atoms with Crippen molar-refractivity contribution in [2.75, 3.05) is 13.1 Å². The van der Waals surface area contributed by atoms with Gasteiger partial charge in [-0.3, -0.25) is 9.63 Å². The van der Waals surface area contributed by atoms with E-state index in [2.05, 4.69) is 10.8 Å². The first-order valence-electron chi connectivity index (χ1n) is 5.15. The van der Waals surface area contributed by atoms with Gasteiger partial charge in [0.1, 0.15) is 0 Å². The van der Waals surface area contributed by atoms with Crippen molar-refractivity contribution < 1.29 is 9.63 Å². The summed E-state index contributed by atoms with van der Waals surface area (Å²) < 4.78 is 0. The maximum absolute atomic E-state index is 11.2. The molecule has 0 bridgehead atoms. The molecule has 0 saturated heterocycles. The molecule has 0 aromatic rings. The zero-order valence-corrected chi connectivity index (χ0v) is 9.22. The molecule has 1 aliphatic carbocycles. The van der Waals surface area contributed by atoms with Crippen LogP contribution in [-0.4, -0.2) is 24.6 Å². The summed E-state index contributed by atoms with van der Waals surface area (Å²) in [4.78, 5) is 16.3. The molecule has 0 unspecified atom stereocenters. The molecule has 2 N–H and O–H groups in total. The quantitative estimate of drug-likeness (QED) is 0.646. The van der Waals surface area contributed by atoms with E-state index in [1.165, 1.54) is 12.8 Å². The van der Waals surface area contributed by atoms with E-state index in [0.717, 1.165) is 12.5 Å². The fraction of sp³-hybridized carbons (Fsp3) is 0.900. The molecule has 82 valence electrons. The van der Waals surface area contributed by atoms with E-state index >= 15 is 0 Å². The molecule has 0 aliphatic heterocycles. The van der Waals surface area contributed by atoms with Crippen LogP contribution in [0.4, 0.5) is 0 Å². The predicted octanol–water partition coefficient (Wildman–Crippen LogP) is 0.832. The van der Waals surface area contributed by atoms with Crippen molar-refractivity contribution in [3.63, 3.8) is 0 Å². The summed E-state index contributed by atoms with van der Waals surface area (Å²) in [5, 5.41) is 3.09. The van der Waals surface area contributed by atoms with Gasteiger partial charge in [-0.1, -0.05) is 0 Å². The van der Waals surface area contributed by atoms with Gasteiger partial charge in [-0.25, -0.2) is 5.48 Å². The van der Waals surface area contributed by atoms with Gasteiger partial charge in [0.2, 0.25) is 0 Å². The van der Waals surface area contributed by atoms with E-state index in [0.29, 0.717) is 6.54 Å². The molecular weight excluding hydrogens is 180 g/mol. The second-order valence-electron chi connectivity index (χ2n) is 4.81. The zero-order valence-electron chi connectivity index (χ0n) is 9.22. The Hall–Kier alpha value is -0.610. The third kappa shape index (κ3) is 5.94. The van der Waals surface area contributed by atoms with Crippen molar-refractivity contribution in [2.45, 2.75) is 39.2 Å². The van der Waals surface area contributed by atoms with Crippen molar-refractivity contribution in [3.05, 3.63) is 0 Å². The number of amides is 1. The van der Waals surface area contributed by atoms with Crippen LogP contribution in [0.1, 0.15) is 33.6 Å². The number of rotatable bonds is 5. The van der Waals surface area contributed by atoms with Crippen LogP contribution in [0, 0.1) is 5.92 Å². The minimum absolute atomic E-state index is 0.111. The maximum atomic E-state index is 11.2. The average molecular weight is 200 g/mol. The topological polar surface area (TPSA) is 50.4 Å². The van der Waals surface area contributed by atoms with Crippen LogP contribution in [0.25, 0.3) is 0 Å². The second-order valence-corrected chi connectivity index (χ2v) is 4.81. The Kier molecular flexibility index (Phi) is 3.89. The summed E-state index contributed by atoms with van der Waals surface area (Å²) in [7, 11) is 0. The molecule has 1 fully saturated rings. The number of carbonyl (C=O) groups excluding carboxylic acids is 1. The molecule has 1 aliphatic rings. The lowest BCUT2D eigenvalue weighted by Crippen LogP contribution is -2.39. The van der Waals surface area contributed by atoms with Crippen molar-refractivity contribution in [2.24, 2.45) is 5.92 Å². The first-order chi connectivity index (χ1) is 6.47. The van der Waals surface area contributed by atoms with Gasteiger partial charge < -0.3 is 5.32 Å². The second kappa shape index (κ2) is 4.75. The molecular formula is C10H20N2O2. The van der Waals surface area contributed by atoms with Gasteiger partial charge in [-0.2, -0.15) is 0 Å². The predicted molar refractivity (Wildman–Crippen MR) is 54.6 cm³/mol. The van der Waals surface area contributed by atoms with Gasteiger partial charge in [-0.15, -0.1) is 0 Å². The Labute approximate surface area is 85.3 Å². The van der Waals surface area contributed by atoms with E-state index in [4.69, 9.17) is 4.84 Å². The highest BCUT2D eigenvalue weighted by atomic mass is 16.7. The van der Waals surface area contributed by atoms with Crippen LogP contribution in [0.15, 0.2) is 0 Å². The fourth-order valence-corrected chi connectivity index (χ4v) is 0.958. The van der Waals surface area contributed by atoms with E-state index in [1.807, 2.05) is 20.8 Å². The summed E-state index contributed by atoms with van der Waals surface area (Å²) >= 11 is 0. The molecule has 1 amide bonds. The van der Waals surface area contributed by atoms with Crippen LogP contribution < -0.4 is 10.8 Å². The maximum Gasteiger partial charge on any atom is 0.257 e. The molecule has 0 aromatic heterocycles. The van der Waals surface area contributed by atoms with E-state index in [9.17, 15) is 4.79 Å². The van der Waals surface area contributed by atoms with Crippen LogP contribution in [0.5, 0.6) is 0 Å². The average Bonchev–Trinajstić information content (AvgIpc) is 2.83. The monoisotopic (exact) mass is 200 g/mol. The summed E-state index contributed by atoms with van der Waals surface area (Å²) in [5.74, 6) is 0.687. The Morgan fingerprint density at radius 1 is 1.43 bits per heavy atom. The van der Waals surface area contributed by atoms with Crippen LogP contribution in [0.2, 0.25) is 0 Å². The Balaban J connectivity index is 1.97. The Bertz CT molecular complexity index is 195. The van der Waals surface area contributed by atoms with E-state index in [-0.39, 0.29) is 11.5 Å². The number of hydrogen-bond acceptors (Lipinski definition) is 3. The molecule has 0 heterocycles. The fourth-order valence-electron chi connectivity index (χ4n) is 0.958. The minimum atomic E-state index is -0.327. The largest absolute Gasteiger partial charge is 0.308 e. The highest BCUT2D eigenvalue weighted by Gasteiger charge is 2.20. The SMILES string of the molecule is CC(C)(C)ONC(=O)CNCC1CC1. The molecule has 1 rings (SSSR count). The first-order valence-corrected chi connectivity index (χ1v) is 5.15. The highest BCUT2D eigenvalue weighted by Crippen LogP contribution is 2.27. The number of nitrogens with one attached hydrogen (secondary N) is 2. The third-order valence-electron chi connectivity index (χ3n) is 1.89. The smallest absolute Gasteiger partial charge is 0.257 e. The summed E-state index contributed by atoms with van der Waals surface area (Å²) in [6.07, 6.45) is 2.60.